The smallest absolute Gasteiger partial charge is 0.0352 e. The van der Waals surface area contributed by atoms with Gasteiger partial charge in [-0.2, -0.15) is 0 Å². The zero-order valence-electron chi connectivity index (χ0n) is 15.7. The number of hydrogen-bond acceptors (Lipinski definition) is 0. The van der Waals surface area contributed by atoms with Crippen LogP contribution in [-0.4, -0.2) is 0 Å². The fourth-order valence-electron chi connectivity index (χ4n) is 4.71. The molecule has 1 aliphatic carbocycles. The summed E-state index contributed by atoms with van der Waals surface area (Å²) in [5.41, 5.74) is 0. The molecule has 0 aromatic carbocycles. The Morgan fingerprint density at radius 3 is 2.14 bits per heavy atom. The van der Waals surface area contributed by atoms with Crippen LogP contribution in [-0.2, 0) is 0 Å². The fraction of sp³-hybridized carbons (Fsp3) is 1.00. The summed E-state index contributed by atoms with van der Waals surface area (Å²) in [6.07, 6.45) is 16.0. The fourth-order valence-corrected chi connectivity index (χ4v) is 4.71. The monoisotopic (exact) mass is 294 g/mol. The maximum Gasteiger partial charge on any atom is -0.0352 e. The summed E-state index contributed by atoms with van der Waals surface area (Å²) in [6, 6.07) is 0. The molecule has 0 heteroatoms. The maximum atomic E-state index is 2.51. The number of hydrogen-bond donors (Lipinski definition) is 0. The van der Waals surface area contributed by atoms with Gasteiger partial charge in [0.25, 0.3) is 0 Å². The minimum Gasteiger partial charge on any atom is -0.0654 e. The molecule has 0 nitrogen and oxygen atoms in total. The molecule has 0 bridgehead atoms. The summed E-state index contributed by atoms with van der Waals surface area (Å²) in [5.74, 6) is 5.20. The highest BCUT2D eigenvalue weighted by atomic mass is 14.5. The van der Waals surface area contributed by atoms with Crippen molar-refractivity contribution in [1.29, 1.82) is 0 Å². The van der Waals surface area contributed by atoms with Crippen LogP contribution in [0.4, 0.5) is 0 Å². The first-order chi connectivity index (χ1) is 10.2. The predicted octanol–water partition coefficient (Wildman–Crippen LogP) is 7.47. The number of rotatable bonds is 13. The van der Waals surface area contributed by atoms with E-state index in [0.717, 1.165) is 29.6 Å². The van der Waals surface area contributed by atoms with Gasteiger partial charge in [0.1, 0.15) is 0 Å². The molecule has 1 aliphatic rings. The highest BCUT2D eigenvalue weighted by molar-refractivity contribution is 4.92. The second-order valence-corrected chi connectivity index (χ2v) is 7.87. The second-order valence-electron chi connectivity index (χ2n) is 7.87. The maximum absolute atomic E-state index is 2.51. The molecule has 126 valence electrons. The van der Waals surface area contributed by atoms with E-state index in [1.165, 1.54) is 64.2 Å². The van der Waals surface area contributed by atoms with Crippen molar-refractivity contribution in [3.63, 3.8) is 0 Å². The minimum absolute atomic E-state index is 0.960. The van der Waals surface area contributed by atoms with Crippen molar-refractivity contribution in [2.24, 2.45) is 29.6 Å². The van der Waals surface area contributed by atoms with Crippen LogP contribution in [0.25, 0.3) is 0 Å². The third-order valence-electron chi connectivity index (χ3n) is 6.08. The standard InChI is InChI=1S/C21H42/c1-6-10-13-18(12-8-3)14-15-19-16-21(19)20(9-4)17(5)11-7-2/h17-21H,6-16H2,1-5H3. The van der Waals surface area contributed by atoms with E-state index in [4.69, 9.17) is 0 Å². The van der Waals surface area contributed by atoms with Crippen LogP contribution in [0.5, 0.6) is 0 Å². The first-order valence-electron chi connectivity index (χ1n) is 10.2. The third-order valence-corrected chi connectivity index (χ3v) is 6.08. The summed E-state index contributed by atoms with van der Waals surface area (Å²) in [7, 11) is 0. The Kier molecular flexibility index (Phi) is 9.69. The molecular formula is C21H42. The molecule has 1 saturated carbocycles. The van der Waals surface area contributed by atoms with Gasteiger partial charge in [0.05, 0.1) is 0 Å². The quantitative estimate of drug-likeness (QED) is 0.330. The van der Waals surface area contributed by atoms with Crippen molar-refractivity contribution < 1.29 is 0 Å². The molecule has 0 heterocycles. The van der Waals surface area contributed by atoms with Gasteiger partial charge in [0, 0.05) is 0 Å². The Labute approximate surface area is 135 Å². The average Bonchev–Trinajstić information content (AvgIpc) is 3.22. The molecule has 1 fully saturated rings. The minimum atomic E-state index is 0.960. The van der Waals surface area contributed by atoms with E-state index >= 15 is 0 Å². The Balaban J connectivity index is 2.30. The molecule has 5 unspecified atom stereocenters. The van der Waals surface area contributed by atoms with E-state index < -0.39 is 0 Å². The lowest BCUT2D eigenvalue weighted by molar-refractivity contribution is 0.271. The Morgan fingerprint density at radius 1 is 0.857 bits per heavy atom. The van der Waals surface area contributed by atoms with Crippen molar-refractivity contribution in [2.75, 3.05) is 0 Å². The second kappa shape index (κ2) is 10.7. The Morgan fingerprint density at radius 2 is 1.57 bits per heavy atom. The Bertz CT molecular complexity index is 244. The molecule has 0 saturated heterocycles. The highest BCUT2D eigenvalue weighted by Gasteiger charge is 2.43. The topological polar surface area (TPSA) is 0 Å². The van der Waals surface area contributed by atoms with Crippen molar-refractivity contribution in [3.8, 4) is 0 Å². The molecule has 0 aromatic heterocycles. The molecule has 1 rings (SSSR count). The van der Waals surface area contributed by atoms with Gasteiger partial charge in [-0.3, -0.25) is 0 Å². The van der Waals surface area contributed by atoms with Crippen LogP contribution in [0.3, 0.4) is 0 Å². The molecule has 0 radical (unpaired) electrons. The third kappa shape index (κ3) is 6.74. The average molecular weight is 295 g/mol. The lowest BCUT2D eigenvalue weighted by Gasteiger charge is -2.23. The molecule has 5 atom stereocenters. The molecule has 0 N–H and O–H groups in total. The van der Waals surface area contributed by atoms with Gasteiger partial charge in [-0.15, -0.1) is 0 Å². The van der Waals surface area contributed by atoms with Crippen molar-refractivity contribution in [3.05, 3.63) is 0 Å². The first-order valence-corrected chi connectivity index (χ1v) is 10.2. The predicted molar refractivity (Wildman–Crippen MR) is 96.6 cm³/mol. The number of unbranched alkanes of at least 4 members (excludes halogenated alkanes) is 1. The van der Waals surface area contributed by atoms with Gasteiger partial charge in [-0.05, 0) is 42.4 Å². The van der Waals surface area contributed by atoms with Gasteiger partial charge in [-0.1, -0.05) is 92.4 Å². The van der Waals surface area contributed by atoms with Crippen molar-refractivity contribution in [1.82, 2.24) is 0 Å². The highest BCUT2D eigenvalue weighted by Crippen LogP contribution is 2.51. The summed E-state index contributed by atoms with van der Waals surface area (Å²) in [5, 5.41) is 0. The normalized spacial score (nSPS) is 25.6. The van der Waals surface area contributed by atoms with Gasteiger partial charge in [0.2, 0.25) is 0 Å². The molecule has 0 aromatic rings. The summed E-state index contributed by atoms with van der Waals surface area (Å²) in [4.78, 5) is 0. The largest absolute Gasteiger partial charge is 0.0654 e. The summed E-state index contributed by atoms with van der Waals surface area (Å²) < 4.78 is 0. The van der Waals surface area contributed by atoms with E-state index in [1.54, 1.807) is 6.42 Å². The molecule has 21 heavy (non-hydrogen) atoms. The van der Waals surface area contributed by atoms with Crippen molar-refractivity contribution in [2.45, 2.75) is 105 Å². The van der Waals surface area contributed by atoms with Crippen LogP contribution >= 0.6 is 0 Å². The summed E-state index contributed by atoms with van der Waals surface area (Å²) in [6.45, 7) is 12.0. The van der Waals surface area contributed by atoms with Crippen LogP contribution in [0.15, 0.2) is 0 Å². The van der Waals surface area contributed by atoms with E-state index in [2.05, 4.69) is 34.6 Å². The van der Waals surface area contributed by atoms with Crippen LogP contribution in [0.2, 0.25) is 0 Å². The molecule has 0 aliphatic heterocycles. The van der Waals surface area contributed by atoms with Gasteiger partial charge in [-0.25, -0.2) is 0 Å². The van der Waals surface area contributed by atoms with Gasteiger partial charge >= 0.3 is 0 Å². The zero-order chi connectivity index (χ0) is 15.7. The van der Waals surface area contributed by atoms with E-state index in [1.807, 2.05) is 0 Å². The van der Waals surface area contributed by atoms with Gasteiger partial charge < -0.3 is 0 Å². The summed E-state index contributed by atoms with van der Waals surface area (Å²) >= 11 is 0. The van der Waals surface area contributed by atoms with Crippen LogP contribution in [0.1, 0.15) is 105 Å². The van der Waals surface area contributed by atoms with E-state index in [9.17, 15) is 0 Å². The lowest BCUT2D eigenvalue weighted by atomic mass is 9.83. The zero-order valence-corrected chi connectivity index (χ0v) is 15.7. The molecule has 0 amide bonds. The van der Waals surface area contributed by atoms with E-state index in [-0.39, 0.29) is 0 Å². The van der Waals surface area contributed by atoms with Crippen LogP contribution in [0, 0.1) is 29.6 Å². The van der Waals surface area contributed by atoms with Crippen LogP contribution < -0.4 is 0 Å². The van der Waals surface area contributed by atoms with Crippen molar-refractivity contribution >= 4 is 0 Å². The van der Waals surface area contributed by atoms with Gasteiger partial charge in [0.15, 0.2) is 0 Å². The molecule has 0 spiro atoms. The molecular weight excluding hydrogens is 252 g/mol. The Hall–Kier alpha value is 0. The van der Waals surface area contributed by atoms with E-state index in [0.29, 0.717) is 0 Å². The SMILES string of the molecule is CCCCC(CCC)CCC1CC1C(CC)C(C)CCC. The first kappa shape index (κ1) is 19.0. The lowest BCUT2D eigenvalue weighted by Crippen LogP contribution is -2.14.